The zero-order valence-electron chi connectivity index (χ0n) is 11.1. The molecule has 18 heavy (non-hydrogen) atoms. The zero-order chi connectivity index (χ0) is 12.4. The van der Waals surface area contributed by atoms with E-state index in [2.05, 4.69) is 22.9 Å². The summed E-state index contributed by atoms with van der Waals surface area (Å²) in [7, 11) is 0. The van der Waals surface area contributed by atoms with Crippen LogP contribution in [0.15, 0.2) is 18.3 Å². The van der Waals surface area contributed by atoms with E-state index < -0.39 is 0 Å². The average Bonchev–Trinajstić information content (AvgIpc) is 2.37. The van der Waals surface area contributed by atoms with Crippen molar-refractivity contribution in [2.45, 2.75) is 44.8 Å². The fraction of sp³-hybridized carbons (Fsp3) is 0.667. The second kappa shape index (κ2) is 5.37. The first-order valence-electron chi connectivity index (χ1n) is 7.18. The van der Waals surface area contributed by atoms with Crippen molar-refractivity contribution in [2.75, 3.05) is 19.6 Å². The third-order valence-corrected chi connectivity index (χ3v) is 3.96. The zero-order valence-corrected chi connectivity index (χ0v) is 11.1. The Morgan fingerprint density at radius 3 is 3.17 bits per heavy atom. The number of pyridine rings is 1. The van der Waals surface area contributed by atoms with Crippen molar-refractivity contribution >= 4 is 0 Å². The van der Waals surface area contributed by atoms with Gasteiger partial charge in [-0.2, -0.15) is 0 Å². The highest BCUT2D eigenvalue weighted by Crippen LogP contribution is 2.32. The van der Waals surface area contributed by atoms with Crippen LogP contribution in [0.3, 0.4) is 0 Å². The lowest BCUT2D eigenvalue weighted by Gasteiger charge is -2.41. The minimum Gasteiger partial charge on any atom is -0.366 e. The van der Waals surface area contributed by atoms with Crippen LogP contribution in [0.1, 0.15) is 43.5 Å². The molecular formula is C15H22N2O. The summed E-state index contributed by atoms with van der Waals surface area (Å²) in [6.07, 6.45) is 7.32. The molecule has 3 heteroatoms. The van der Waals surface area contributed by atoms with Gasteiger partial charge in [-0.3, -0.25) is 9.88 Å². The number of hydrogen-bond acceptors (Lipinski definition) is 3. The van der Waals surface area contributed by atoms with E-state index in [9.17, 15) is 0 Å². The molecule has 1 aromatic heterocycles. The summed E-state index contributed by atoms with van der Waals surface area (Å²) in [5, 5.41) is 0. The molecule has 0 amide bonds. The molecule has 0 aromatic carbocycles. The second-order valence-corrected chi connectivity index (χ2v) is 5.45. The van der Waals surface area contributed by atoms with E-state index in [1.165, 1.54) is 30.6 Å². The number of hydrogen-bond donors (Lipinski definition) is 0. The predicted molar refractivity (Wildman–Crippen MR) is 71.5 cm³/mol. The quantitative estimate of drug-likeness (QED) is 0.816. The molecule has 2 heterocycles. The smallest absolute Gasteiger partial charge is 0.100 e. The Morgan fingerprint density at radius 2 is 2.33 bits per heavy atom. The second-order valence-electron chi connectivity index (χ2n) is 5.45. The van der Waals surface area contributed by atoms with Gasteiger partial charge in [-0.1, -0.05) is 13.0 Å². The maximum atomic E-state index is 6.23. The monoisotopic (exact) mass is 246 g/mol. The molecule has 1 atom stereocenters. The van der Waals surface area contributed by atoms with Crippen molar-refractivity contribution < 1.29 is 4.74 Å². The Balaban J connectivity index is 1.59. The number of aryl methyl sites for hydroxylation is 1. The Labute approximate surface area is 109 Å². The molecule has 2 aliphatic rings. The lowest BCUT2D eigenvalue weighted by atomic mass is 9.93. The van der Waals surface area contributed by atoms with Crippen LogP contribution in [0.25, 0.3) is 0 Å². The lowest BCUT2D eigenvalue weighted by molar-refractivity contribution is -0.0994. The molecule has 0 N–H and O–H groups in total. The van der Waals surface area contributed by atoms with Crippen LogP contribution in [0, 0.1) is 0 Å². The van der Waals surface area contributed by atoms with Gasteiger partial charge >= 0.3 is 0 Å². The molecule has 0 bridgehead atoms. The molecule has 1 aromatic rings. The summed E-state index contributed by atoms with van der Waals surface area (Å²) in [6.45, 7) is 5.65. The van der Waals surface area contributed by atoms with Crippen LogP contribution in [-0.2, 0) is 11.2 Å². The minimum absolute atomic E-state index is 0.240. The van der Waals surface area contributed by atoms with Crippen LogP contribution in [0.4, 0.5) is 0 Å². The average molecular weight is 246 g/mol. The van der Waals surface area contributed by atoms with Gasteiger partial charge in [0.15, 0.2) is 0 Å². The summed E-state index contributed by atoms with van der Waals surface area (Å²) in [4.78, 5) is 6.99. The summed E-state index contributed by atoms with van der Waals surface area (Å²) in [6, 6.07) is 4.23. The molecule has 1 fully saturated rings. The fourth-order valence-electron chi connectivity index (χ4n) is 3.04. The third kappa shape index (κ3) is 2.43. The Morgan fingerprint density at radius 1 is 1.44 bits per heavy atom. The van der Waals surface area contributed by atoms with E-state index in [0.717, 1.165) is 25.9 Å². The van der Waals surface area contributed by atoms with Crippen molar-refractivity contribution in [3.8, 4) is 0 Å². The molecule has 1 unspecified atom stereocenters. The summed E-state index contributed by atoms with van der Waals surface area (Å²) in [5.41, 5.74) is 2.58. The van der Waals surface area contributed by atoms with E-state index >= 15 is 0 Å². The van der Waals surface area contributed by atoms with Gasteiger partial charge in [0.25, 0.3) is 0 Å². The summed E-state index contributed by atoms with van der Waals surface area (Å²) >= 11 is 0. The highest BCUT2D eigenvalue weighted by molar-refractivity contribution is 5.24. The highest BCUT2D eigenvalue weighted by atomic mass is 16.5. The van der Waals surface area contributed by atoms with Crippen LogP contribution >= 0.6 is 0 Å². The van der Waals surface area contributed by atoms with E-state index in [4.69, 9.17) is 4.74 Å². The number of nitrogens with zero attached hydrogens (tertiary/aromatic N) is 2. The molecule has 0 spiro atoms. The molecule has 3 nitrogen and oxygen atoms in total. The van der Waals surface area contributed by atoms with Crippen molar-refractivity contribution in [3.05, 3.63) is 29.6 Å². The largest absolute Gasteiger partial charge is 0.366 e. The maximum absolute atomic E-state index is 6.23. The van der Waals surface area contributed by atoms with Gasteiger partial charge in [0, 0.05) is 19.3 Å². The lowest BCUT2D eigenvalue weighted by Crippen LogP contribution is -2.52. The summed E-state index contributed by atoms with van der Waals surface area (Å²) in [5.74, 6) is 0. The SMILES string of the molecule is CCCN1CC(OC2CCCc3cccnc32)C1. The predicted octanol–water partition coefficient (Wildman–Crippen LogP) is 2.57. The molecule has 98 valence electrons. The molecule has 1 aliphatic heterocycles. The molecule has 1 aliphatic carbocycles. The number of fused-ring (bicyclic) bond motifs is 1. The molecule has 0 radical (unpaired) electrons. The number of ether oxygens (including phenoxy) is 1. The Hall–Kier alpha value is -0.930. The highest BCUT2D eigenvalue weighted by Gasteiger charge is 2.31. The van der Waals surface area contributed by atoms with Crippen LogP contribution < -0.4 is 0 Å². The van der Waals surface area contributed by atoms with Crippen LogP contribution in [0.2, 0.25) is 0 Å². The molecule has 0 saturated carbocycles. The van der Waals surface area contributed by atoms with Crippen LogP contribution in [-0.4, -0.2) is 35.6 Å². The standard InChI is InChI=1S/C15H22N2O/c1-2-9-17-10-13(11-17)18-14-7-3-5-12-6-4-8-16-15(12)14/h4,6,8,13-14H,2-3,5,7,9-11H2,1H3. The fourth-order valence-corrected chi connectivity index (χ4v) is 3.04. The van der Waals surface area contributed by atoms with Gasteiger partial charge in [0.05, 0.1) is 11.8 Å². The van der Waals surface area contributed by atoms with Gasteiger partial charge in [0.1, 0.15) is 6.10 Å². The first kappa shape index (κ1) is 12.1. The maximum Gasteiger partial charge on any atom is 0.100 e. The molecular weight excluding hydrogens is 224 g/mol. The van der Waals surface area contributed by atoms with Gasteiger partial charge in [-0.25, -0.2) is 0 Å². The van der Waals surface area contributed by atoms with E-state index in [-0.39, 0.29) is 6.10 Å². The first-order chi connectivity index (χ1) is 8.86. The van der Waals surface area contributed by atoms with Gasteiger partial charge in [0.2, 0.25) is 0 Å². The van der Waals surface area contributed by atoms with Crippen molar-refractivity contribution in [1.82, 2.24) is 9.88 Å². The number of rotatable bonds is 4. The van der Waals surface area contributed by atoms with Gasteiger partial charge in [-0.05, 0) is 43.9 Å². The van der Waals surface area contributed by atoms with Gasteiger partial charge in [-0.15, -0.1) is 0 Å². The van der Waals surface area contributed by atoms with Gasteiger partial charge < -0.3 is 4.74 Å². The van der Waals surface area contributed by atoms with Crippen molar-refractivity contribution in [3.63, 3.8) is 0 Å². The Kier molecular flexibility index (Phi) is 3.62. The summed E-state index contributed by atoms with van der Waals surface area (Å²) < 4.78 is 6.23. The van der Waals surface area contributed by atoms with Crippen molar-refractivity contribution in [1.29, 1.82) is 0 Å². The minimum atomic E-state index is 0.240. The topological polar surface area (TPSA) is 25.4 Å². The normalized spacial score (nSPS) is 24.6. The van der Waals surface area contributed by atoms with E-state index in [1.54, 1.807) is 0 Å². The Bertz CT molecular complexity index is 401. The van der Waals surface area contributed by atoms with E-state index in [0.29, 0.717) is 6.10 Å². The third-order valence-electron chi connectivity index (χ3n) is 3.96. The molecule has 1 saturated heterocycles. The number of aromatic nitrogens is 1. The van der Waals surface area contributed by atoms with Crippen molar-refractivity contribution in [2.24, 2.45) is 0 Å². The number of likely N-dealkylation sites (tertiary alicyclic amines) is 1. The first-order valence-corrected chi connectivity index (χ1v) is 7.18. The van der Waals surface area contributed by atoms with E-state index in [1.807, 2.05) is 12.3 Å². The van der Waals surface area contributed by atoms with Crippen LogP contribution in [0.5, 0.6) is 0 Å². The molecule has 3 rings (SSSR count).